The third-order valence-corrected chi connectivity index (χ3v) is 2.84. The molecule has 0 aromatic heterocycles. The van der Waals surface area contributed by atoms with Gasteiger partial charge in [0.15, 0.2) is 0 Å². The smallest absolute Gasteiger partial charge is 0.303 e. The Bertz CT molecular complexity index is 197. The zero-order valence-corrected chi connectivity index (χ0v) is 8.61. The summed E-state index contributed by atoms with van der Waals surface area (Å²) in [5.74, 6) is 0. The average Bonchev–Trinajstić information content (AvgIpc) is 2.03. The zero-order chi connectivity index (χ0) is 9.90. The first-order valence-electron chi connectivity index (χ1n) is 4.47. The van der Waals surface area contributed by atoms with Gasteiger partial charge in [0.1, 0.15) is 0 Å². The Morgan fingerprint density at radius 3 is 2.38 bits per heavy atom. The van der Waals surface area contributed by atoms with Crippen LogP contribution in [0.15, 0.2) is 0 Å². The Kier molecular flexibility index (Phi) is 3.88. The number of phosphoric ester groups is 1. The maximum atomic E-state index is 10.5. The Morgan fingerprint density at radius 2 is 2.00 bits per heavy atom. The maximum absolute atomic E-state index is 10.5. The predicted molar refractivity (Wildman–Crippen MR) is 48.3 cm³/mol. The lowest BCUT2D eigenvalue weighted by Gasteiger charge is -2.30. The van der Waals surface area contributed by atoms with E-state index in [1.54, 1.807) is 0 Å². The van der Waals surface area contributed by atoms with Crippen LogP contribution < -0.4 is 0 Å². The molecule has 1 aliphatic rings. The van der Waals surface area contributed by atoms with E-state index in [0.29, 0.717) is 12.8 Å². The first-order valence-corrected chi connectivity index (χ1v) is 6.00. The van der Waals surface area contributed by atoms with Crippen molar-refractivity contribution in [3.8, 4) is 0 Å². The van der Waals surface area contributed by atoms with Crippen LogP contribution in [-0.4, -0.2) is 40.4 Å². The van der Waals surface area contributed by atoms with Crippen LogP contribution in [0.5, 0.6) is 0 Å². The summed E-state index contributed by atoms with van der Waals surface area (Å²) in [7, 11) is -4.28. The molecule has 0 atom stereocenters. The third-order valence-electron chi connectivity index (χ3n) is 2.27. The Hall–Kier alpha value is 0.0700. The summed E-state index contributed by atoms with van der Waals surface area (Å²) < 4.78 is 15.1. The molecule has 0 spiro atoms. The largest absolute Gasteiger partial charge is 0.469 e. The van der Waals surface area contributed by atoms with Crippen molar-refractivity contribution in [1.82, 2.24) is 4.90 Å². The lowest BCUT2D eigenvalue weighted by molar-refractivity contribution is 0.0732. The molecule has 0 bridgehead atoms. The van der Waals surface area contributed by atoms with Crippen molar-refractivity contribution in [2.75, 3.05) is 19.6 Å². The van der Waals surface area contributed by atoms with Crippen LogP contribution in [0.3, 0.4) is 0 Å². The molecular formula is C7H16NO4P. The molecule has 1 aliphatic heterocycles. The molecule has 0 aliphatic carbocycles. The number of rotatable bonds is 3. The van der Waals surface area contributed by atoms with Gasteiger partial charge in [0.05, 0.1) is 6.10 Å². The predicted octanol–water partition coefficient (Wildman–Crippen LogP) is 0.580. The Labute approximate surface area is 77.9 Å². The van der Waals surface area contributed by atoms with Crippen molar-refractivity contribution in [3.05, 3.63) is 0 Å². The summed E-state index contributed by atoms with van der Waals surface area (Å²) in [5.41, 5.74) is 0. The van der Waals surface area contributed by atoms with Crippen LogP contribution in [0, 0.1) is 0 Å². The van der Waals surface area contributed by atoms with E-state index in [4.69, 9.17) is 9.79 Å². The number of likely N-dealkylation sites (tertiary alicyclic amines) is 1. The van der Waals surface area contributed by atoms with Crippen molar-refractivity contribution in [2.24, 2.45) is 0 Å². The SMILES string of the molecule is CCN1CCC(OP(=O)(O)O)CC1. The standard InChI is InChI=1S/C7H16NO4P/c1-2-8-5-3-7(4-6-8)12-13(9,10)11/h7H,2-6H2,1H3,(H2,9,10,11). The monoisotopic (exact) mass is 209 g/mol. The molecule has 0 amide bonds. The van der Waals surface area contributed by atoms with Crippen LogP contribution in [0.2, 0.25) is 0 Å². The highest BCUT2D eigenvalue weighted by molar-refractivity contribution is 7.46. The molecule has 0 aromatic rings. The quantitative estimate of drug-likeness (QED) is 0.665. The summed E-state index contributed by atoms with van der Waals surface area (Å²) in [6.45, 7) is 4.79. The molecule has 1 heterocycles. The second-order valence-electron chi connectivity index (χ2n) is 3.23. The Balaban J connectivity index is 2.29. The van der Waals surface area contributed by atoms with Gasteiger partial charge in [0.25, 0.3) is 0 Å². The second kappa shape index (κ2) is 4.53. The molecule has 13 heavy (non-hydrogen) atoms. The Morgan fingerprint density at radius 1 is 1.46 bits per heavy atom. The lowest BCUT2D eigenvalue weighted by atomic mass is 10.1. The van der Waals surface area contributed by atoms with Gasteiger partial charge >= 0.3 is 7.82 Å². The molecule has 2 N–H and O–H groups in total. The van der Waals surface area contributed by atoms with E-state index in [2.05, 4.69) is 16.3 Å². The van der Waals surface area contributed by atoms with E-state index in [0.717, 1.165) is 19.6 Å². The van der Waals surface area contributed by atoms with Gasteiger partial charge in [-0.25, -0.2) is 4.57 Å². The molecular weight excluding hydrogens is 193 g/mol. The molecule has 0 unspecified atom stereocenters. The molecule has 1 saturated heterocycles. The number of piperidine rings is 1. The molecule has 1 fully saturated rings. The van der Waals surface area contributed by atoms with Crippen LogP contribution in [0.4, 0.5) is 0 Å². The van der Waals surface area contributed by atoms with Crippen LogP contribution in [-0.2, 0) is 9.09 Å². The van der Waals surface area contributed by atoms with Crippen molar-refractivity contribution in [2.45, 2.75) is 25.9 Å². The molecule has 78 valence electrons. The average molecular weight is 209 g/mol. The van der Waals surface area contributed by atoms with Gasteiger partial charge in [0.2, 0.25) is 0 Å². The minimum absolute atomic E-state index is 0.274. The topological polar surface area (TPSA) is 70.0 Å². The number of phosphoric acid groups is 1. The minimum Gasteiger partial charge on any atom is -0.303 e. The summed E-state index contributed by atoms with van der Waals surface area (Å²) in [5, 5.41) is 0. The van der Waals surface area contributed by atoms with Crippen molar-refractivity contribution in [3.63, 3.8) is 0 Å². The van der Waals surface area contributed by atoms with Crippen molar-refractivity contribution < 1.29 is 18.9 Å². The molecule has 5 nitrogen and oxygen atoms in total. The van der Waals surface area contributed by atoms with Crippen LogP contribution in [0.25, 0.3) is 0 Å². The highest BCUT2D eigenvalue weighted by Crippen LogP contribution is 2.39. The summed E-state index contributed by atoms with van der Waals surface area (Å²) >= 11 is 0. The van der Waals surface area contributed by atoms with E-state index in [-0.39, 0.29) is 6.10 Å². The van der Waals surface area contributed by atoms with Gasteiger partial charge in [-0.2, -0.15) is 0 Å². The fraction of sp³-hybridized carbons (Fsp3) is 1.00. The second-order valence-corrected chi connectivity index (χ2v) is 4.42. The normalized spacial score (nSPS) is 22.1. The summed E-state index contributed by atoms with van der Waals surface area (Å²) in [6.07, 6.45) is 1.14. The molecule has 0 aromatic carbocycles. The first-order chi connectivity index (χ1) is 6.01. The molecule has 6 heteroatoms. The first kappa shape index (κ1) is 11.1. The number of hydrogen-bond donors (Lipinski definition) is 2. The fourth-order valence-electron chi connectivity index (χ4n) is 1.53. The van der Waals surface area contributed by atoms with Gasteiger partial charge in [0, 0.05) is 13.1 Å². The zero-order valence-electron chi connectivity index (χ0n) is 7.72. The van der Waals surface area contributed by atoms with Gasteiger partial charge in [-0.05, 0) is 19.4 Å². The third kappa shape index (κ3) is 4.20. The van der Waals surface area contributed by atoms with Crippen molar-refractivity contribution >= 4 is 7.82 Å². The van der Waals surface area contributed by atoms with Crippen LogP contribution in [0.1, 0.15) is 19.8 Å². The van der Waals surface area contributed by atoms with E-state index in [1.165, 1.54) is 0 Å². The summed E-state index contributed by atoms with van der Waals surface area (Å²) in [6, 6.07) is 0. The fourth-order valence-corrected chi connectivity index (χ4v) is 2.12. The van der Waals surface area contributed by atoms with E-state index < -0.39 is 7.82 Å². The number of hydrogen-bond acceptors (Lipinski definition) is 3. The van der Waals surface area contributed by atoms with Gasteiger partial charge < -0.3 is 14.7 Å². The van der Waals surface area contributed by atoms with Crippen LogP contribution >= 0.6 is 7.82 Å². The molecule has 0 radical (unpaired) electrons. The van der Waals surface area contributed by atoms with Crippen molar-refractivity contribution in [1.29, 1.82) is 0 Å². The van der Waals surface area contributed by atoms with Gasteiger partial charge in [-0.3, -0.25) is 4.52 Å². The minimum atomic E-state index is -4.28. The van der Waals surface area contributed by atoms with Gasteiger partial charge in [-0.1, -0.05) is 6.92 Å². The maximum Gasteiger partial charge on any atom is 0.469 e. The molecule has 1 rings (SSSR count). The molecule has 0 saturated carbocycles. The highest BCUT2D eigenvalue weighted by atomic mass is 31.2. The van der Waals surface area contributed by atoms with E-state index >= 15 is 0 Å². The van der Waals surface area contributed by atoms with Gasteiger partial charge in [-0.15, -0.1) is 0 Å². The summed E-state index contributed by atoms with van der Waals surface area (Å²) in [4.78, 5) is 19.4. The van der Waals surface area contributed by atoms with E-state index in [9.17, 15) is 4.57 Å². The lowest BCUT2D eigenvalue weighted by Crippen LogP contribution is -2.36. The highest BCUT2D eigenvalue weighted by Gasteiger charge is 2.25. The van der Waals surface area contributed by atoms with E-state index in [1.807, 2.05) is 0 Å². The number of nitrogens with zero attached hydrogens (tertiary/aromatic N) is 1.